The van der Waals surface area contributed by atoms with E-state index in [2.05, 4.69) is 17.2 Å². The third-order valence-electron chi connectivity index (χ3n) is 2.63. The highest BCUT2D eigenvalue weighted by atomic mass is 32.2. The fraction of sp³-hybridized carbons (Fsp3) is 0.400. The second kappa shape index (κ2) is 8.45. The minimum absolute atomic E-state index is 0.183. The molecule has 1 rings (SSSR count). The van der Waals surface area contributed by atoms with Crippen molar-refractivity contribution >= 4 is 16.7 Å². The van der Waals surface area contributed by atoms with Crippen molar-refractivity contribution in [3.8, 4) is 17.6 Å². The van der Waals surface area contributed by atoms with Crippen LogP contribution in [-0.4, -0.2) is 47.0 Å². The number of aliphatic hydroxyl groups is 1. The third-order valence-corrected chi connectivity index (χ3v) is 3.60. The van der Waals surface area contributed by atoms with Gasteiger partial charge in [0.05, 0.1) is 12.7 Å². The molecule has 5 nitrogen and oxygen atoms in total. The van der Waals surface area contributed by atoms with Crippen LogP contribution in [0.4, 0.5) is 0 Å². The second-order valence-corrected chi connectivity index (χ2v) is 5.97. The summed E-state index contributed by atoms with van der Waals surface area (Å²) in [5.41, 5.74) is 0.970. The van der Waals surface area contributed by atoms with Crippen molar-refractivity contribution in [2.75, 3.05) is 25.7 Å². The number of hydrogen-bond acceptors (Lipinski definition) is 4. The maximum Gasteiger partial charge on any atom is 0.251 e. The molecule has 0 spiro atoms. The minimum Gasteiger partial charge on any atom is -0.495 e. The van der Waals surface area contributed by atoms with Gasteiger partial charge in [-0.05, 0) is 25.1 Å². The van der Waals surface area contributed by atoms with Gasteiger partial charge in [0.25, 0.3) is 5.91 Å². The van der Waals surface area contributed by atoms with Crippen molar-refractivity contribution < 1.29 is 18.8 Å². The van der Waals surface area contributed by atoms with Gasteiger partial charge in [-0.2, -0.15) is 0 Å². The van der Waals surface area contributed by atoms with Crippen molar-refractivity contribution in [3.05, 3.63) is 29.3 Å². The maximum absolute atomic E-state index is 12.1. The number of carbonyl (C=O) groups is 1. The SMILES string of the molecule is COc1ccc(C(=O)NC(C)CS(C)=O)cc1C#CCO. The Kier molecular flexibility index (Phi) is 6.92. The summed E-state index contributed by atoms with van der Waals surface area (Å²) in [5.74, 6) is 5.94. The quantitative estimate of drug-likeness (QED) is 0.778. The fourth-order valence-electron chi connectivity index (χ4n) is 1.78. The van der Waals surface area contributed by atoms with Crippen LogP contribution in [0.5, 0.6) is 5.75 Å². The molecule has 21 heavy (non-hydrogen) atoms. The monoisotopic (exact) mass is 309 g/mol. The first-order valence-corrected chi connectivity index (χ1v) is 8.09. The molecule has 2 N–H and O–H groups in total. The van der Waals surface area contributed by atoms with Crippen LogP contribution in [0.2, 0.25) is 0 Å². The summed E-state index contributed by atoms with van der Waals surface area (Å²) < 4.78 is 16.3. The highest BCUT2D eigenvalue weighted by Gasteiger charge is 2.12. The first kappa shape index (κ1) is 17.2. The lowest BCUT2D eigenvalue weighted by atomic mass is 10.1. The second-order valence-electron chi connectivity index (χ2n) is 4.49. The molecule has 0 saturated carbocycles. The number of carbonyl (C=O) groups excluding carboxylic acids is 1. The van der Waals surface area contributed by atoms with Gasteiger partial charge in [0.15, 0.2) is 0 Å². The molecule has 2 unspecified atom stereocenters. The van der Waals surface area contributed by atoms with Crippen molar-refractivity contribution in [1.29, 1.82) is 0 Å². The van der Waals surface area contributed by atoms with E-state index in [1.165, 1.54) is 7.11 Å². The van der Waals surface area contributed by atoms with Crippen LogP contribution >= 0.6 is 0 Å². The average Bonchev–Trinajstić information content (AvgIpc) is 2.43. The zero-order valence-corrected chi connectivity index (χ0v) is 13.1. The third kappa shape index (κ3) is 5.58. The number of amides is 1. The molecule has 0 aliphatic heterocycles. The average molecular weight is 309 g/mol. The van der Waals surface area contributed by atoms with Gasteiger partial charge >= 0.3 is 0 Å². The van der Waals surface area contributed by atoms with Gasteiger partial charge < -0.3 is 15.2 Å². The molecule has 0 bridgehead atoms. The van der Waals surface area contributed by atoms with E-state index >= 15 is 0 Å². The molecule has 6 heteroatoms. The van der Waals surface area contributed by atoms with Crippen LogP contribution in [0, 0.1) is 11.8 Å². The highest BCUT2D eigenvalue weighted by molar-refractivity contribution is 7.84. The summed E-state index contributed by atoms with van der Waals surface area (Å²) in [6.45, 7) is 1.54. The molecule has 1 amide bonds. The lowest BCUT2D eigenvalue weighted by Gasteiger charge is -2.13. The van der Waals surface area contributed by atoms with Crippen LogP contribution < -0.4 is 10.1 Å². The highest BCUT2D eigenvalue weighted by Crippen LogP contribution is 2.19. The van der Waals surface area contributed by atoms with Crippen molar-refractivity contribution in [2.24, 2.45) is 0 Å². The Morgan fingerprint density at radius 3 is 2.81 bits per heavy atom. The van der Waals surface area contributed by atoms with Crippen LogP contribution in [0.25, 0.3) is 0 Å². The topological polar surface area (TPSA) is 75.6 Å². The zero-order chi connectivity index (χ0) is 15.8. The molecule has 0 heterocycles. The van der Waals surface area contributed by atoms with Crippen molar-refractivity contribution in [3.63, 3.8) is 0 Å². The molecule has 2 atom stereocenters. The molecular weight excluding hydrogens is 290 g/mol. The molecule has 0 radical (unpaired) electrons. The van der Waals surface area contributed by atoms with E-state index in [9.17, 15) is 9.00 Å². The smallest absolute Gasteiger partial charge is 0.251 e. The van der Waals surface area contributed by atoms with E-state index < -0.39 is 10.8 Å². The summed E-state index contributed by atoms with van der Waals surface area (Å²) in [7, 11) is 0.545. The molecule has 0 saturated heterocycles. The Labute approximate surface area is 127 Å². The number of nitrogens with one attached hydrogen (secondary N) is 1. The maximum atomic E-state index is 12.1. The number of hydrogen-bond donors (Lipinski definition) is 2. The molecule has 0 aliphatic rings. The summed E-state index contributed by atoms with van der Waals surface area (Å²) in [6, 6.07) is 4.71. The number of ether oxygens (including phenoxy) is 1. The van der Waals surface area contributed by atoms with E-state index in [0.29, 0.717) is 22.6 Å². The minimum atomic E-state index is -0.967. The molecule has 1 aromatic rings. The number of benzene rings is 1. The van der Waals surface area contributed by atoms with Crippen LogP contribution in [0.1, 0.15) is 22.8 Å². The van der Waals surface area contributed by atoms with Gasteiger partial charge in [-0.25, -0.2) is 0 Å². The van der Waals surface area contributed by atoms with Crippen LogP contribution in [-0.2, 0) is 10.8 Å². The fourth-order valence-corrected chi connectivity index (χ4v) is 2.57. The Morgan fingerprint density at radius 2 is 2.24 bits per heavy atom. The Hall–Kier alpha value is -1.84. The van der Waals surface area contributed by atoms with E-state index in [-0.39, 0.29) is 18.6 Å². The van der Waals surface area contributed by atoms with Gasteiger partial charge in [-0.1, -0.05) is 11.8 Å². The summed E-state index contributed by atoms with van der Waals surface area (Å²) in [6.07, 6.45) is 1.60. The van der Waals surface area contributed by atoms with Gasteiger partial charge in [0.2, 0.25) is 0 Å². The standard InChI is InChI=1S/C15H19NO4S/c1-11(10-21(3)19)16-15(18)13-6-7-14(20-2)12(9-13)5-4-8-17/h6-7,9,11,17H,8,10H2,1-3H3,(H,16,18). The van der Waals surface area contributed by atoms with Gasteiger partial charge in [0.1, 0.15) is 12.4 Å². The van der Waals surface area contributed by atoms with E-state index in [1.807, 2.05) is 0 Å². The molecule has 114 valence electrons. The lowest BCUT2D eigenvalue weighted by molar-refractivity contribution is 0.0943. The molecule has 0 fully saturated rings. The largest absolute Gasteiger partial charge is 0.495 e. The predicted molar refractivity (Wildman–Crippen MR) is 82.8 cm³/mol. The molecular formula is C15H19NO4S. The number of rotatable bonds is 5. The molecule has 0 aliphatic carbocycles. The van der Waals surface area contributed by atoms with Gasteiger partial charge in [-0.15, -0.1) is 0 Å². The van der Waals surface area contributed by atoms with Gasteiger partial charge in [0, 0.05) is 34.4 Å². The normalized spacial score (nSPS) is 12.8. The Morgan fingerprint density at radius 1 is 1.52 bits per heavy atom. The summed E-state index contributed by atoms with van der Waals surface area (Å²) in [4.78, 5) is 12.1. The van der Waals surface area contributed by atoms with Crippen LogP contribution in [0.3, 0.4) is 0 Å². The zero-order valence-electron chi connectivity index (χ0n) is 12.3. The number of aliphatic hydroxyl groups excluding tert-OH is 1. The molecule has 0 aromatic heterocycles. The van der Waals surface area contributed by atoms with Gasteiger partial charge in [-0.3, -0.25) is 9.00 Å². The molecule has 1 aromatic carbocycles. The van der Waals surface area contributed by atoms with Crippen LogP contribution in [0.15, 0.2) is 18.2 Å². The van der Waals surface area contributed by atoms with Crippen molar-refractivity contribution in [1.82, 2.24) is 5.32 Å². The summed E-state index contributed by atoms with van der Waals surface area (Å²) >= 11 is 0. The van der Waals surface area contributed by atoms with E-state index in [1.54, 1.807) is 31.4 Å². The first-order chi connectivity index (χ1) is 9.97. The lowest BCUT2D eigenvalue weighted by Crippen LogP contribution is -2.36. The Balaban J connectivity index is 2.92. The van der Waals surface area contributed by atoms with E-state index in [4.69, 9.17) is 9.84 Å². The van der Waals surface area contributed by atoms with E-state index in [0.717, 1.165) is 0 Å². The van der Waals surface area contributed by atoms with Crippen molar-refractivity contribution in [2.45, 2.75) is 13.0 Å². The number of methoxy groups -OCH3 is 1. The Bertz CT molecular complexity index is 589. The summed E-state index contributed by atoms with van der Waals surface area (Å²) in [5, 5.41) is 11.5. The first-order valence-electron chi connectivity index (χ1n) is 6.36. The predicted octanol–water partition coefficient (Wildman–Crippen LogP) is 0.536.